The number of hydrogen-bond donors (Lipinski definition) is 0. The zero-order valence-electron chi connectivity index (χ0n) is 8.89. The zero-order valence-corrected chi connectivity index (χ0v) is 11.5. The molecule has 0 bridgehead atoms. The summed E-state index contributed by atoms with van der Waals surface area (Å²) < 4.78 is 0. The molecule has 0 radical (unpaired) electrons. The van der Waals surface area contributed by atoms with Crippen molar-refractivity contribution in [3.63, 3.8) is 0 Å². The molecule has 74 valence electrons. The Labute approximate surface area is 95.9 Å². The van der Waals surface area contributed by atoms with Crippen LogP contribution in [0.1, 0.15) is 11.1 Å². The van der Waals surface area contributed by atoms with Gasteiger partial charge in [-0.15, -0.1) is 5.54 Å². The van der Waals surface area contributed by atoms with E-state index in [2.05, 4.69) is 65.2 Å². The van der Waals surface area contributed by atoms with E-state index in [1.165, 1.54) is 5.56 Å². The fourth-order valence-corrected chi connectivity index (χ4v) is 2.01. The molecule has 1 aromatic carbocycles. The fraction of sp³-hybridized carbons (Fsp3) is 0.333. The van der Waals surface area contributed by atoms with E-state index in [0.29, 0.717) is 0 Å². The van der Waals surface area contributed by atoms with Gasteiger partial charge >= 0.3 is 0 Å². The Kier molecular flexibility index (Phi) is 3.97. The van der Waals surface area contributed by atoms with E-state index in [1.807, 2.05) is 6.07 Å². The third kappa shape index (κ3) is 3.69. The van der Waals surface area contributed by atoms with E-state index < -0.39 is 8.07 Å². The van der Waals surface area contributed by atoms with Crippen LogP contribution in [0.2, 0.25) is 19.6 Å². The van der Waals surface area contributed by atoms with Gasteiger partial charge in [-0.1, -0.05) is 59.7 Å². The molecule has 0 aliphatic heterocycles. The van der Waals surface area contributed by atoms with Crippen molar-refractivity contribution < 1.29 is 0 Å². The van der Waals surface area contributed by atoms with E-state index in [1.54, 1.807) is 0 Å². The summed E-state index contributed by atoms with van der Waals surface area (Å²) in [7, 11) is -1.25. The first-order chi connectivity index (χ1) is 6.53. The van der Waals surface area contributed by atoms with Crippen molar-refractivity contribution in [1.82, 2.24) is 0 Å². The minimum absolute atomic E-state index is 0.879. The first kappa shape index (κ1) is 11.6. The van der Waals surface area contributed by atoms with E-state index in [-0.39, 0.29) is 0 Å². The van der Waals surface area contributed by atoms with Gasteiger partial charge in [0, 0.05) is 10.9 Å². The van der Waals surface area contributed by atoms with Crippen molar-refractivity contribution >= 4 is 24.0 Å². The molecule has 0 saturated heterocycles. The van der Waals surface area contributed by atoms with Crippen LogP contribution in [0.25, 0.3) is 0 Å². The molecular weight excluding hydrogens is 252 g/mol. The van der Waals surface area contributed by atoms with Crippen LogP contribution in [0.3, 0.4) is 0 Å². The van der Waals surface area contributed by atoms with Crippen LogP contribution in [-0.4, -0.2) is 8.07 Å². The highest BCUT2D eigenvalue weighted by molar-refractivity contribution is 9.08. The van der Waals surface area contributed by atoms with Gasteiger partial charge in [0.15, 0.2) is 0 Å². The second kappa shape index (κ2) is 4.81. The van der Waals surface area contributed by atoms with Gasteiger partial charge in [0.25, 0.3) is 0 Å². The lowest BCUT2D eigenvalue weighted by Gasteiger charge is -2.04. The lowest BCUT2D eigenvalue weighted by atomic mass is 10.1. The number of halogens is 1. The SMILES string of the molecule is C[Si](C)(C)C#Cc1ccccc1CBr. The van der Waals surface area contributed by atoms with Gasteiger partial charge in [0.2, 0.25) is 0 Å². The standard InChI is InChI=1S/C12H15BrSi/c1-14(2,3)9-8-11-6-4-5-7-12(11)10-13/h4-7H,10H2,1-3H3. The predicted molar refractivity (Wildman–Crippen MR) is 69.3 cm³/mol. The maximum Gasteiger partial charge on any atom is 0.129 e. The van der Waals surface area contributed by atoms with Crippen LogP contribution in [0.4, 0.5) is 0 Å². The van der Waals surface area contributed by atoms with Crippen LogP contribution in [0.5, 0.6) is 0 Å². The van der Waals surface area contributed by atoms with Crippen LogP contribution in [0, 0.1) is 11.5 Å². The highest BCUT2D eigenvalue weighted by Gasteiger charge is 2.07. The molecule has 0 saturated carbocycles. The highest BCUT2D eigenvalue weighted by Crippen LogP contribution is 2.11. The molecule has 0 aliphatic rings. The van der Waals surface area contributed by atoms with Crippen LogP contribution >= 0.6 is 15.9 Å². The normalized spacial score (nSPS) is 10.6. The Morgan fingerprint density at radius 3 is 2.43 bits per heavy atom. The average molecular weight is 267 g/mol. The molecule has 0 atom stereocenters. The summed E-state index contributed by atoms with van der Waals surface area (Å²) in [4.78, 5) is 0. The van der Waals surface area contributed by atoms with Crippen molar-refractivity contribution in [2.45, 2.75) is 25.0 Å². The molecule has 1 aromatic rings. The summed E-state index contributed by atoms with van der Waals surface area (Å²) in [5, 5.41) is 0.879. The molecule has 0 nitrogen and oxygen atoms in total. The van der Waals surface area contributed by atoms with Gasteiger partial charge in [0.05, 0.1) is 0 Å². The Bertz CT molecular complexity index is 366. The first-order valence-electron chi connectivity index (χ1n) is 4.70. The van der Waals surface area contributed by atoms with Crippen LogP contribution in [-0.2, 0) is 5.33 Å². The lowest BCUT2D eigenvalue weighted by molar-refractivity contribution is 1.41. The molecule has 0 aromatic heterocycles. The third-order valence-corrected chi connectivity index (χ3v) is 3.21. The second-order valence-corrected chi connectivity index (χ2v) is 9.60. The summed E-state index contributed by atoms with van der Waals surface area (Å²) in [5.41, 5.74) is 5.82. The van der Waals surface area contributed by atoms with Crippen LogP contribution in [0.15, 0.2) is 24.3 Å². The highest BCUT2D eigenvalue weighted by atomic mass is 79.9. The molecular formula is C12H15BrSi. The zero-order chi connectivity index (χ0) is 10.6. The Morgan fingerprint density at radius 1 is 1.21 bits per heavy atom. The molecule has 0 unspecified atom stereocenters. The van der Waals surface area contributed by atoms with Crippen molar-refractivity contribution in [2.24, 2.45) is 0 Å². The molecule has 14 heavy (non-hydrogen) atoms. The molecule has 0 heterocycles. The Hall–Kier alpha value is -0.523. The Balaban J connectivity index is 3.00. The summed E-state index contributed by atoms with van der Waals surface area (Å²) >= 11 is 3.47. The van der Waals surface area contributed by atoms with E-state index in [9.17, 15) is 0 Å². The largest absolute Gasteiger partial charge is 0.129 e. The van der Waals surface area contributed by atoms with Gasteiger partial charge in [0.1, 0.15) is 8.07 Å². The first-order valence-corrected chi connectivity index (χ1v) is 9.32. The topological polar surface area (TPSA) is 0 Å². The fourth-order valence-electron chi connectivity index (χ4n) is 1.01. The number of alkyl halides is 1. The minimum atomic E-state index is -1.25. The molecule has 1 rings (SSSR count). The van der Waals surface area contributed by atoms with Crippen molar-refractivity contribution in [1.29, 1.82) is 0 Å². The van der Waals surface area contributed by atoms with E-state index >= 15 is 0 Å². The van der Waals surface area contributed by atoms with Crippen molar-refractivity contribution in [3.05, 3.63) is 35.4 Å². The molecule has 0 spiro atoms. The number of benzene rings is 1. The summed E-state index contributed by atoms with van der Waals surface area (Å²) in [6, 6.07) is 8.30. The van der Waals surface area contributed by atoms with Crippen LogP contribution < -0.4 is 0 Å². The summed E-state index contributed by atoms with van der Waals surface area (Å²) in [5.74, 6) is 3.29. The average Bonchev–Trinajstić information content (AvgIpc) is 2.14. The minimum Gasteiger partial charge on any atom is -0.127 e. The molecule has 0 amide bonds. The lowest BCUT2D eigenvalue weighted by Crippen LogP contribution is -2.16. The molecule has 2 heteroatoms. The quantitative estimate of drug-likeness (QED) is 0.412. The molecule has 0 fully saturated rings. The van der Waals surface area contributed by atoms with Gasteiger partial charge in [-0.2, -0.15) is 0 Å². The smallest absolute Gasteiger partial charge is 0.127 e. The number of hydrogen-bond acceptors (Lipinski definition) is 0. The van der Waals surface area contributed by atoms with Gasteiger partial charge in [-0.25, -0.2) is 0 Å². The predicted octanol–water partition coefficient (Wildman–Crippen LogP) is 3.81. The van der Waals surface area contributed by atoms with Gasteiger partial charge in [-0.3, -0.25) is 0 Å². The number of rotatable bonds is 1. The van der Waals surface area contributed by atoms with Crippen molar-refractivity contribution in [2.75, 3.05) is 0 Å². The van der Waals surface area contributed by atoms with E-state index in [4.69, 9.17) is 0 Å². The maximum absolute atomic E-state index is 3.47. The summed E-state index contributed by atoms with van der Waals surface area (Å²) in [6.07, 6.45) is 0. The molecule has 0 N–H and O–H groups in total. The van der Waals surface area contributed by atoms with E-state index in [0.717, 1.165) is 10.9 Å². The third-order valence-electron chi connectivity index (χ3n) is 1.73. The Morgan fingerprint density at radius 2 is 1.86 bits per heavy atom. The second-order valence-electron chi connectivity index (χ2n) is 4.29. The summed E-state index contributed by atoms with van der Waals surface area (Å²) in [6.45, 7) is 6.78. The van der Waals surface area contributed by atoms with Gasteiger partial charge in [-0.05, 0) is 11.6 Å². The van der Waals surface area contributed by atoms with Gasteiger partial charge < -0.3 is 0 Å². The van der Waals surface area contributed by atoms with Crippen molar-refractivity contribution in [3.8, 4) is 11.5 Å². The maximum atomic E-state index is 3.47. The molecule has 0 aliphatic carbocycles. The monoisotopic (exact) mass is 266 g/mol.